The van der Waals surface area contributed by atoms with Crippen molar-refractivity contribution < 1.29 is 14.4 Å². The normalized spacial score (nSPS) is 20.2. The molecule has 26 heavy (non-hydrogen) atoms. The van der Waals surface area contributed by atoms with Gasteiger partial charge in [0.2, 0.25) is 17.7 Å². The lowest BCUT2D eigenvalue weighted by Crippen LogP contribution is -2.54. The van der Waals surface area contributed by atoms with Gasteiger partial charge in [-0.15, -0.1) is 0 Å². The predicted octanol–water partition coefficient (Wildman–Crippen LogP) is 1.13. The molecule has 2 saturated heterocycles. The quantitative estimate of drug-likeness (QED) is 0.859. The Morgan fingerprint density at radius 3 is 2.23 bits per heavy atom. The van der Waals surface area contributed by atoms with Crippen molar-refractivity contribution in [1.82, 2.24) is 15.1 Å². The zero-order valence-electron chi connectivity index (χ0n) is 15.4. The number of hydrogen-bond acceptors (Lipinski definition) is 3. The van der Waals surface area contributed by atoms with Crippen LogP contribution in [0.25, 0.3) is 0 Å². The second kappa shape index (κ2) is 8.34. The molecule has 2 fully saturated rings. The molecule has 6 nitrogen and oxygen atoms in total. The van der Waals surface area contributed by atoms with Gasteiger partial charge in [-0.3, -0.25) is 14.4 Å². The van der Waals surface area contributed by atoms with Crippen molar-refractivity contribution in [2.45, 2.75) is 45.1 Å². The molecule has 0 aliphatic carbocycles. The summed E-state index contributed by atoms with van der Waals surface area (Å²) in [6, 6.07) is 8.05. The van der Waals surface area contributed by atoms with E-state index >= 15 is 0 Å². The van der Waals surface area contributed by atoms with Gasteiger partial charge in [-0.2, -0.15) is 0 Å². The minimum atomic E-state index is -0.379. The third kappa shape index (κ3) is 4.42. The fraction of sp³-hybridized carbons (Fsp3) is 0.550. The molecule has 2 heterocycles. The molecule has 0 aromatic heterocycles. The van der Waals surface area contributed by atoms with Gasteiger partial charge in [-0.05, 0) is 30.4 Å². The van der Waals surface area contributed by atoms with Crippen LogP contribution in [0.1, 0.15) is 37.3 Å². The first kappa shape index (κ1) is 18.4. The van der Waals surface area contributed by atoms with Crippen LogP contribution in [-0.4, -0.2) is 59.7 Å². The van der Waals surface area contributed by atoms with Crippen molar-refractivity contribution in [2.75, 3.05) is 26.2 Å². The number of benzene rings is 1. The lowest BCUT2D eigenvalue weighted by Gasteiger charge is -2.36. The van der Waals surface area contributed by atoms with E-state index in [9.17, 15) is 14.4 Å². The summed E-state index contributed by atoms with van der Waals surface area (Å²) < 4.78 is 0. The molecule has 1 aromatic carbocycles. The molecule has 1 aromatic rings. The molecule has 140 valence electrons. The number of nitrogens with one attached hydrogen (secondary N) is 1. The second-order valence-electron chi connectivity index (χ2n) is 7.03. The van der Waals surface area contributed by atoms with Crippen LogP contribution in [0.5, 0.6) is 0 Å². The first-order valence-corrected chi connectivity index (χ1v) is 9.50. The number of amides is 3. The van der Waals surface area contributed by atoms with Crippen LogP contribution in [0.2, 0.25) is 0 Å². The molecule has 0 saturated carbocycles. The fourth-order valence-electron chi connectivity index (χ4n) is 3.55. The Labute approximate surface area is 154 Å². The van der Waals surface area contributed by atoms with Gasteiger partial charge in [0.25, 0.3) is 0 Å². The summed E-state index contributed by atoms with van der Waals surface area (Å²) in [5.74, 6) is 0.0777. The van der Waals surface area contributed by atoms with E-state index in [1.54, 1.807) is 4.90 Å². The van der Waals surface area contributed by atoms with E-state index in [0.29, 0.717) is 45.4 Å². The molecule has 3 amide bonds. The summed E-state index contributed by atoms with van der Waals surface area (Å²) >= 11 is 0. The summed E-state index contributed by atoms with van der Waals surface area (Å²) in [7, 11) is 0. The molecule has 6 heteroatoms. The van der Waals surface area contributed by atoms with Crippen molar-refractivity contribution in [3.8, 4) is 0 Å². The van der Waals surface area contributed by atoms with E-state index in [1.165, 1.54) is 11.1 Å². The Kier molecular flexibility index (Phi) is 5.91. The molecular weight excluding hydrogens is 330 g/mol. The van der Waals surface area contributed by atoms with Crippen LogP contribution in [0, 0.1) is 0 Å². The lowest BCUT2D eigenvalue weighted by atomic mass is 10.1. The van der Waals surface area contributed by atoms with E-state index in [2.05, 4.69) is 36.5 Å². The van der Waals surface area contributed by atoms with Gasteiger partial charge in [-0.1, -0.05) is 31.2 Å². The average Bonchev–Trinajstić information content (AvgIpc) is 3.12. The van der Waals surface area contributed by atoms with Crippen LogP contribution in [0.15, 0.2) is 24.3 Å². The minimum Gasteiger partial charge on any atom is -0.344 e. The van der Waals surface area contributed by atoms with Gasteiger partial charge in [-0.25, -0.2) is 0 Å². The summed E-state index contributed by atoms with van der Waals surface area (Å²) in [5, 5.41) is 2.72. The summed E-state index contributed by atoms with van der Waals surface area (Å²) in [5.41, 5.74) is 2.49. The van der Waals surface area contributed by atoms with E-state index in [1.807, 2.05) is 4.90 Å². The molecule has 1 N–H and O–H groups in total. The second-order valence-corrected chi connectivity index (χ2v) is 7.03. The highest BCUT2D eigenvalue weighted by atomic mass is 16.2. The number of hydrogen-bond donors (Lipinski definition) is 1. The molecular formula is C20H27N3O3. The SMILES string of the molecule is CCc1ccc(CCC(=O)N2CCN(C(=O)C3CCC(=O)N3)CC2)cc1. The number of piperazine rings is 1. The number of rotatable bonds is 5. The van der Waals surface area contributed by atoms with Gasteiger partial charge in [0.1, 0.15) is 6.04 Å². The number of carbonyl (C=O) groups is 3. The van der Waals surface area contributed by atoms with Crippen LogP contribution >= 0.6 is 0 Å². The Morgan fingerprint density at radius 2 is 1.65 bits per heavy atom. The van der Waals surface area contributed by atoms with Crippen LogP contribution < -0.4 is 5.32 Å². The Bertz CT molecular complexity index is 663. The molecule has 1 unspecified atom stereocenters. The van der Waals surface area contributed by atoms with E-state index in [4.69, 9.17) is 0 Å². The largest absolute Gasteiger partial charge is 0.344 e. The molecule has 0 bridgehead atoms. The zero-order valence-corrected chi connectivity index (χ0v) is 15.4. The summed E-state index contributed by atoms with van der Waals surface area (Å²) in [6.07, 6.45) is 3.27. The molecule has 2 aliphatic rings. The maximum absolute atomic E-state index is 12.4. The highest BCUT2D eigenvalue weighted by molar-refractivity contribution is 5.91. The molecule has 0 radical (unpaired) electrons. The van der Waals surface area contributed by atoms with Gasteiger partial charge < -0.3 is 15.1 Å². The first-order chi connectivity index (χ1) is 12.6. The Hall–Kier alpha value is -2.37. The maximum Gasteiger partial charge on any atom is 0.245 e. The topological polar surface area (TPSA) is 69.7 Å². The monoisotopic (exact) mass is 357 g/mol. The minimum absolute atomic E-state index is 0.0148. The van der Waals surface area contributed by atoms with Crippen LogP contribution in [0.4, 0.5) is 0 Å². The van der Waals surface area contributed by atoms with Gasteiger partial charge >= 0.3 is 0 Å². The van der Waals surface area contributed by atoms with Crippen molar-refractivity contribution >= 4 is 17.7 Å². The fourth-order valence-corrected chi connectivity index (χ4v) is 3.55. The maximum atomic E-state index is 12.4. The first-order valence-electron chi connectivity index (χ1n) is 9.50. The standard InChI is InChI=1S/C20H27N3O3/c1-2-15-3-5-16(6-4-15)7-10-19(25)22-11-13-23(14-12-22)20(26)17-8-9-18(24)21-17/h3-6,17H,2,7-14H2,1H3,(H,21,24). The third-order valence-electron chi connectivity index (χ3n) is 5.30. The highest BCUT2D eigenvalue weighted by Gasteiger charge is 2.32. The van der Waals surface area contributed by atoms with Crippen LogP contribution in [0.3, 0.4) is 0 Å². The number of aryl methyl sites for hydroxylation is 2. The van der Waals surface area contributed by atoms with E-state index in [0.717, 1.165) is 12.8 Å². The molecule has 3 rings (SSSR count). The van der Waals surface area contributed by atoms with Crippen LogP contribution in [-0.2, 0) is 27.2 Å². The van der Waals surface area contributed by atoms with Crippen molar-refractivity contribution in [1.29, 1.82) is 0 Å². The smallest absolute Gasteiger partial charge is 0.245 e. The molecule has 0 spiro atoms. The summed E-state index contributed by atoms with van der Waals surface area (Å²) in [6.45, 7) is 4.36. The summed E-state index contributed by atoms with van der Waals surface area (Å²) in [4.78, 5) is 39.7. The molecule has 2 aliphatic heterocycles. The third-order valence-corrected chi connectivity index (χ3v) is 5.30. The van der Waals surface area contributed by atoms with Crippen molar-refractivity contribution in [3.63, 3.8) is 0 Å². The number of nitrogens with zero attached hydrogens (tertiary/aromatic N) is 2. The van der Waals surface area contributed by atoms with Crippen molar-refractivity contribution in [3.05, 3.63) is 35.4 Å². The Morgan fingerprint density at radius 1 is 1.04 bits per heavy atom. The lowest BCUT2D eigenvalue weighted by molar-refractivity contribution is -0.140. The van der Waals surface area contributed by atoms with Gasteiger partial charge in [0.05, 0.1) is 0 Å². The van der Waals surface area contributed by atoms with Gasteiger partial charge in [0, 0.05) is 39.0 Å². The van der Waals surface area contributed by atoms with Gasteiger partial charge in [0.15, 0.2) is 0 Å². The van der Waals surface area contributed by atoms with E-state index < -0.39 is 0 Å². The zero-order chi connectivity index (χ0) is 18.5. The highest BCUT2D eigenvalue weighted by Crippen LogP contribution is 2.13. The molecule has 1 atom stereocenters. The Balaban J connectivity index is 1.43. The predicted molar refractivity (Wildman–Crippen MR) is 98.5 cm³/mol. The number of carbonyl (C=O) groups excluding carboxylic acids is 3. The van der Waals surface area contributed by atoms with Crippen molar-refractivity contribution in [2.24, 2.45) is 0 Å². The van der Waals surface area contributed by atoms with E-state index in [-0.39, 0.29) is 23.8 Å². The average molecular weight is 357 g/mol.